The van der Waals surface area contributed by atoms with Gasteiger partial charge in [0.25, 0.3) is 0 Å². The lowest BCUT2D eigenvalue weighted by molar-refractivity contribution is -0.158. The highest BCUT2D eigenvalue weighted by molar-refractivity contribution is 6.30. The molecule has 1 aromatic rings. The summed E-state index contributed by atoms with van der Waals surface area (Å²) in [5.41, 5.74) is -0.426. The number of ether oxygens (including phenoxy) is 3. The third-order valence-electron chi connectivity index (χ3n) is 5.45. The quantitative estimate of drug-likeness (QED) is 0.364. The van der Waals surface area contributed by atoms with Gasteiger partial charge < -0.3 is 14.2 Å². The van der Waals surface area contributed by atoms with E-state index >= 15 is 0 Å². The van der Waals surface area contributed by atoms with Crippen molar-refractivity contribution in [3.63, 3.8) is 0 Å². The van der Waals surface area contributed by atoms with Gasteiger partial charge in [0.2, 0.25) is 0 Å². The molecule has 2 rings (SSSR count). The number of rotatable bonds is 6. The van der Waals surface area contributed by atoms with Gasteiger partial charge in [-0.25, -0.2) is 0 Å². The van der Waals surface area contributed by atoms with Crippen LogP contribution in [0.5, 0.6) is 0 Å². The largest absolute Gasteiger partial charge is 0.459 e. The topological polar surface area (TPSA) is 102 Å². The smallest absolute Gasteiger partial charge is 0.320 e. The number of esters is 3. The van der Waals surface area contributed by atoms with E-state index in [-0.39, 0.29) is 37.5 Å². The number of carbonyl (C=O) groups is 3. The maximum atomic E-state index is 12.7. The van der Waals surface area contributed by atoms with E-state index in [1.54, 1.807) is 12.1 Å². The van der Waals surface area contributed by atoms with Gasteiger partial charge in [-0.05, 0) is 74.4 Å². The van der Waals surface area contributed by atoms with E-state index in [1.165, 1.54) is 0 Å². The Morgan fingerprint density at radius 2 is 0.950 bits per heavy atom. The third kappa shape index (κ3) is 14.4. The summed E-state index contributed by atoms with van der Waals surface area (Å²) < 4.78 is 16.7. The Morgan fingerprint density at radius 1 is 0.650 bits per heavy atom. The minimum absolute atomic E-state index is 0.0614. The van der Waals surface area contributed by atoms with Crippen molar-refractivity contribution in [3.05, 3.63) is 28.5 Å². The molecule has 0 aliphatic carbocycles. The first-order valence-corrected chi connectivity index (χ1v) is 14.1. The first kappa shape index (κ1) is 33.9. The van der Waals surface area contributed by atoms with E-state index in [9.17, 15) is 14.4 Å². The minimum atomic E-state index is -0.608. The van der Waals surface area contributed by atoms with E-state index in [1.807, 2.05) is 77.0 Å². The van der Waals surface area contributed by atoms with E-state index in [0.717, 1.165) is 0 Å². The fourth-order valence-electron chi connectivity index (χ4n) is 4.16. The molecule has 0 spiro atoms. The van der Waals surface area contributed by atoms with Gasteiger partial charge in [0.15, 0.2) is 0 Å². The Hall–Kier alpha value is -2.27. The zero-order chi connectivity index (χ0) is 30.3. The van der Waals surface area contributed by atoms with Crippen molar-refractivity contribution in [2.75, 3.05) is 45.8 Å². The van der Waals surface area contributed by atoms with Crippen LogP contribution in [0.25, 0.3) is 0 Å². The zero-order valence-corrected chi connectivity index (χ0v) is 26.4. The zero-order valence-electron chi connectivity index (χ0n) is 25.6. The second-order valence-corrected chi connectivity index (χ2v) is 13.7. The molecule has 0 atom stereocenters. The first-order valence-electron chi connectivity index (χ1n) is 13.7. The van der Waals surface area contributed by atoms with Crippen LogP contribution in [0.3, 0.4) is 0 Å². The van der Waals surface area contributed by atoms with Crippen LogP contribution in [-0.4, -0.2) is 100 Å². The van der Waals surface area contributed by atoms with Gasteiger partial charge in [0.05, 0.1) is 31.0 Å². The van der Waals surface area contributed by atoms with Gasteiger partial charge in [-0.3, -0.25) is 34.1 Å². The fraction of sp³-hybridized carbons (Fsp3) is 0.724. The second kappa shape index (κ2) is 14.1. The molecule has 1 aromatic heterocycles. The lowest BCUT2D eigenvalue weighted by atomic mass is 10.2. The summed E-state index contributed by atoms with van der Waals surface area (Å²) in [7, 11) is 0. The molecule has 226 valence electrons. The predicted molar refractivity (Wildman–Crippen MR) is 154 cm³/mol. The lowest BCUT2D eigenvalue weighted by Crippen LogP contribution is -2.45. The Labute approximate surface area is 244 Å². The average Bonchev–Trinajstić information content (AvgIpc) is 2.70. The molecule has 11 heteroatoms. The van der Waals surface area contributed by atoms with Crippen molar-refractivity contribution in [2.24, 2.45) is 0 Å². The highest BCUT2D eigenvalue weighted by atomic mass is 35.5. The molecule has 2 bridgehead atoms. The molecule has 40 heavy (non-hydrogen) atoms. The summed E-state index contributed by atoms with van der Waals surface area (Å²) in [5, 5.41) is 0.526. The highest BCUT2D eigenvalue weighted by Crippen LogP contribution is 2.18. The molecule has 2 heterocycles. The van der Waals surface area contributed by atoms with Gasteiger partial charge in [-0.2, -0.15) is 0 Å². The van der Waals surface area contributed by atoms with E-state index in [4.69, 9.17) is 30.8 Å². The molecule has 0 aromatic carbocycles. The molecule has 0 unspecified atom stereocenters. The summed E-state index contributed by atoms with van der Waals surface area (Å²) in [6, 6.07) is 3.55. The predicted octanol–water partition coefficient (Wildman–Crippen LogP) is 3.68. The molecular formula is C29H47ClN4O6. The first-order chi connectivity index (χ1) is 18.3. The number of aromatic nitrogens is 1. The van der Waals surface area contributed by atoms with Crippen LogP contribution >= 0.6 is 11.6 Å². The summed E-state index contributed by atoms with van der Waals surface area (Å²) in [4.78, 5) is 48.8. The molecule has 0 saturated carbocycles. The SMILES string of the molecule is CC(C)(C)OC(=O)CN1CCN(CC(=O)OC(C)(C)C)Cc2cc(Cl)cc(n2)CN(CC(=O)OC(C)(C)C)CC1. The van der Waals surface area contributed by atoms with E-state index < -0.39 is 16.8 Å². The van der Waals surface area contributed by atoms with Crippen molar-refractivity contribution < 1.29 is 28.6 Å². The van der Waals surface area contributed by atoms with Crippen molar-refractivity contribution in [3.8, 4) is 0 Å². The molecule has 0 amide bonds. The van der Waals surface area contributed by atoms with E-state index in [0.29, 0.717) is 55.7 Å². The Bertz CT molecular complexity index is 967. The molecule has 0 fully saturated rings. The second-order valence-electron chi connectivity index (χ2n) is 13.2. The standard InChI is InChI=1S/C29H47ClN4O6/c1-27(2,3)38-24(35)18-32-10-12-33(19-25(36)39-28(4,5)6)16-22-14-21(30)15-23(31-22)17-34(13-11-32)20-26(37)40-29(7,8)9/h14-15H,10-13,16-20H2,1-9H3. The molecule has 1 aliphatic rings. The Kier molecular flexibility index (Phi) is 11.9. The minimum Gasteiger partial charge on any atom is -0.459 e. The Balaban J connectivity index is 2.34. The third-order valence-corrected chi connectivity index (χ3v) is 5.67. The van der Waals surface area contributed by atoms with Crippen LogP contribution in [0.1, 0.15) is 73.7 Å². The number of pyridine rings is 1. The number of fused-ring (bicyclic) bond motifs is 2. The monoisotopic (exact) mass is 582 g/mol. The Morgan fingerprint density at radius 3 is 1.27 bits per heavy atom. The van der Waals surface area contributed by atoms with Crippen LogP contribution in [0.4, 0.5) is 0 Å². The normalized spacial score (nSPS) is 16.9. The summed E-state index contributed by atoms with van der Waals surface area (Å²) >= 11 is 6.45. The molecule has 0 saturated heterocycles. The van der Waals surface area contributed by atoms with Gasteiger partial charge in [0, 0.05) is 44.3 Å². The van der Waals surface area contributed by atoms with Crippen LogP contribution < -0.4 is 0 Å². The highest BCUT2D eigenvalue weighted by Gasteiger charge is 2.25. The molecule has 0 radical (unpaired) electrons. The number of nitrogens with zero attached hydrogens (tertiary/aromatic N) is 4. The van der Waals surface area contributed by atoms with Gasteiger partial charge in [-0.15, -0.1) is 0 Å². The number of halogens is 1. The van der Waals surface area contributed by atoms with Crippen LogP contribution in [0.2, 0.25) is 5.02 Å². The van der Waals surface area contributed by atoms with Crippen molar-refractivity contribution >= 4 is 29.5 Å². The number of hydrogen-bond acceptors (Lipinski definition) is 10. The maximum absolute atomic E-state index is 12.7. The number of carbonyl (C=O) groups excluding carboxylic acids is 3. The van der Waals surface area contributed by atoms with Crippen LogP contribution in [0, 0.1) is 0 Å². The summed E-state index contributed by atoms with van der Waals surface area (Å²) in [5.74, 6) is -1.02. The van der Waals surface area contributed by atoms with Crippen molar-refractivity contribution in [1.29, 1.82) is 0 Å². The van der Waals surface area contributed by atoms with Crippen LogP contribution in [0.15, 0.2) is 12.1 Å². The van der Waals surface area contributed by atoms with Crippen molar-refractivity contribution in [2.45, 2.75) is 92.2 Å². The molecular weight excluding hydrogens is 536 g/mol. The molecule has 10 nitrogen and oxygen atoms in total. The van der Waals surface area contributed by atoms with Gasteiger partial charge >= 0.3 is 17.9 Å². The maximum Gasteiger partial charge on any atom is 0.320 e. The lowest BCUT2D eigenvalue weighted by Gasteiger charge is -2.31. The average molecular weight is 583 g/mol. The summed E-state index contributed by atoms with van der Waals surface area (Å²) in [6.45, 7) is 19.3. The van der Waals surface area contributed by atoms with Gasteiger partial charge in [0.1, 0.15) is 16.8 Å². The molecule has 0 N–H and O–H groups in total. The van der Waals surface area contributed by atoms with Gasteiger partial charge in [-0.1, -0.05) is 11.6 Å². The van der Waals surface area contributed by atoms with Crippen LogP contribution in [-0.2, 0) is 41.7 Å². The number of hydrogen-bond donors (Lipinski definition) is 0. The molecule has 1 aliphatic heterocycles. The fourth-order valence-corrected chi connectivity index (χ4v) is 4.41. The van der Waals surface area contributed by atoms with Crippen molar-refractivity contribution in [1.82, 2.24) is 19.7 Å². The van der Waals surface area contributed by atoms with E-state index in [2.05, 4.69) is 0 Å². The summed E-state index contributed by atoms with van der Waals surface area (Å²) in [6.07, 6.45) is 0.